The summed E-state index contributed by atoms with van der Waals surface area (Å²) in [6.07, 6.45) is -0.274. The van der Waals surface area contributed by atoms with Crippen LogP contribution in [0.4, 0.5) is 0 Å². The Balaban J connectivity index is 3.34. The molecule has 0 aromatic rings. The van der Waals surface area contributed by atoms with E-state index in [-0.39, 0.29) is 6.29 Å². The topological polar surface area (TPSA) is 27.7 Å². The summed E-state index contributed by atoms with van der Waals surface area (Å²) in [5.74, 6) is 0.479. The zero-order valence-electron chi connectivity index (χ0n) is 7.01. The molecule has 68 valence electrons. The van der Waals surface area contributed by atoms with Crippen LogP contribution in [0.1, 0.15) is 6.92 Å². The number of hydrogen-bond acceptors (Lipinski definition) is 3. The lowest BCUT2D eigenvalue weighted by atomic mass is 10.6. The van der Waals surface area contributed by atoms with Crippen LogP contribution in [-0.2, 0) is 14.2 Å². The minimum atomic E-state index is -0.274. The molecule has 0 fully saturated rings. The van der Waals surface area contributed by atoms with E-state index < -0.39 is 0 Å². The van der Waals surface area contributed by atoms with Crippen LogP contribution in [0.2, 0.25) is 0 Å². The molecule has 3 nitrogen and oxygen atoms in total. The minimum absolute atomic E-state index is 0.274. The molecule has 0 saturated heterocycles. The largest absolute Gasteiger partial charge is 0.379 e. The van der Waals surface area contributed by atoms with Crippen LogP contribution in [0.3, 0.4) is 0 Å². The van der Waals surface area contributed by atoms with E-state index in [1.807, 2.05) is 6.92 Å². The van der Waals surface area contributed by atoms with Crippen LogP contribution in [0.25, 0.3) is 0 Å². The summed E-state index contributed by atoms with van der Waals surface area (Å²) in [5, 5.41) is 0. The normalized spacial score (nSPS) is 13.4. The van der Waals surface area contributed by atoms with Gasteiger partial charge in [-0.1, -0.05) is 0 Å². The third-order valence-corrected chi connectivity index (χ3v) is 1.19. The number of ether oxygens (including phenoxy) is 3. The fraction of sp³-hybridized carbons (Fsp3) is 1.00. The highest BCUT2D eigenvalue weighted by atomic mass is 35.5. The predicted octanol–water partition coefficient (Wildman–Crippen LogP) is 1.25. The highest BCUT2D eigenvalue weighted by Gasteiger charge is 2.06. The molecular formula is C7H15ClO3. The first-order chi connectivity index (χ1) is 5.35. The third-order valence-electron chi connectivity index (χ3n) is 1.04. The van der Waals surface area contributed by atoms with Crippen LogP contribution in [0.15, 0.2) is 0 Å². The van der Waals surface area contributed by atoms with Crippen molar-refractivity contribution in [2.75, 3.05) is 32.8 Å². The van der Waals surface area contributed by atoms with Gasteiger partial charge in [-0.2, -0.15) is 0 Å². The zero-order chi connectivity index (χ0) is 8.53. The van der Waals surface area contributed by atoms with Gasteiger partial charge in [0.2, 0.25) is 0 Å². The summed E-state index contributed by atoms with van der Waals surface area (Å²) >= 11 is 5.42. The molecule has 0 aliphatic rings. The second kappa shape index (κ2) is 8.27. The summed E-state index contributed by atoms with van der Waals surface area (Å²) in [7, 11) is 1.61. The molecule has 1 atom stereocenters. The summed E-state index contributed by atoms with van der Waals surface area (Å²) in [5.41, 5.74) is 0. The van der Waals surface area contributed by atoms with Crippen LogP contribution in [0, 0.1) is 0 Å². The maximum Gasteiger partial charge on any atom is 0.180 e. The third kappa shape index (κ3) is 6.56. The number of rotatable bonds is 7. The molecule has 0 spiro atoms. The summed E-state index contributed by atoms with van der Waals surface area (Å²) < 4.78 is 15.2. The standard InChI is InChI=1S/C7H15ClO3/c1-3-10-7(6-9-2)11-5-4-8/h7H,3-6H2,1-2H3. The van der Waals surface area contributed by atoms with Gasteiger partial charge < -0.3 is 14.2 Å². The first-order valence-corrected chi connectivity index (χ1v) is 4.16. The average Bonchev–Trinajstić information content (AvgIpc) is 2.01. The van der Waals surface area contributed by atoms with Gasteiger partial charge >= 0.3 is 0 Å². The maximum atomic E-state index is 5.42. The average molecular weight is 183 g/mol. The number of methoxy groups -OCH3 is 1. The molecule has 0 aliphatic heterocycles. The molecule has 0 heterocycles. The van der Waals surface area contributed by atoms with Gasteiger partial charge in [0.1, 0.15) is 0 Å². The quantitative estimate of drug-likeness (QED) is 0.438. The summed E-state index contributed by atoms with van der Waals surface area (Å²) in [6.45, 7) is 3.48. The summed E-state index contributed by atoms with van der Waals surface area (Å²) in [6, 6.07) is 0. The van der Waals surface area contributed by atoms with E-state index in [0.717, 1.165) is 0 Å². The summed E-state index contributed by atoms with van der Waals surface area (Å²) in [4.78, 5) is 0. The first kappa shape index (κ1) is 11.2. The Morgan fingerprint density at radius 2 is 2.09 bits per heavy atom. The smallest absolute Gasteiger partial charge is 0.180 e. The Hall–Kier alpha value is 0.170. The lowest BCUT2D eigenvalue weighted by Crippen LogP contribution is -2.23. The second-order valence-corrected chi connectivity index (χ2v) is 2.28. The molecule has 4 heteroatoms. The van der Waals surface area contributed by atoms with E-state index in [1.165, 1.54) is 0 Å². The van der Waals surface area contributed by atoms with Crippen molar-refractivity contribution >= 4 is 11.6 Å². The fourth-order valence-corrected chi connectivity index (χ4v) is 0.731. The first-order valence-electron chi connectivity index (χ1n) is 3.63. The maximum absolute atomic E-state index is 5.42. The molecule has 1 unspecified atom stereocenters. The van der Waals surface area contributed by atoms with Crippen LogP contribution >= 0.6 is 11.6 Å². The van der Waals surface area contributed by atoms with Crippen molar-refractivity contribution in [3.63, 3.8) is 0 Å². The number of hydrogen-bond donors (Lipinski definition) is 0. The van der Waals surface area contributed by atoms with Crippen molar-refractivity contribution in [2.24, 2.45) is 0 Å². The van der Waals surface area contributed by atoms with Gasteiger partial charge in [0.05, 0.1) is 13.2 Å². The van der Waals surface area contributed by atoms with Crippen molar-refractivity contribution < 1.29 is 14.2 Å². The Labute approximate surface area is 72.6 Å². The van der Waals surface area contributed by atoms with E-state index in [2.05, 4.69) is 0 Å². The van der Waals surface area contributed by atoms with Crippen molar-refractivity contribution in [1.29, 1.82) is 0 Å². The zero-order valence-corrected chi connectivity index (χ0v) is 7.76. The second-order valence-electron chi connectivity index (χ2n) is 1.90. The van der Waals surface area contributed by atoms with E-state index >= 15 is 0 Å². The molecule has 0 amide bonds. The number of halogens is 1. The van der Waals surface area contributed by atoms with E-state index in [9.17, 15) is 0 Å². The van der Waals surface area contributed by atoms with E-state index in [1.54, 1.807) is 7.11 Å². The van der Waals surface area contributed by atoms with Gasteiger partial charge in [0.15, 0.2) is 6.29 Å². The van der Waals surface area contributed by atoms with E-state index in [4.69, 9.17) is 25.8 Å². The van der Waals surface area contributed by atoms with Crippen LogP contribution in [-0.4, -0.2) is 39.1 Å². The SMILES string of the molecule is CCOC(COC)OCCCl. The van der Waals surface area contributed by atoms with E-state index in [0.29, 0.717) is 25.7 Å². The Kier molecular flexibility index (Phi) is 8.40. The molecule has 0 aliphatic carbocycles. The van der Waals surface area contributed by atoms with Crippen molar-refractivity contribution in [1.82, 2.24) is 0 Å². The monoisotopic (exact) mass is 182 g/mol. The fourth-order valence-electron chi connectivity index (χ4n) is 0.642. The van der Waals surface area contributed by atoms with Crippen molar-refractivity contribution in [2.45, 2.75) is 13.2 Å². The molecule has 0 bridgehead atoms. The van der Waals surface area contributed by atoms with Crippen molar-refractivity contribution in [3.8, 4) is 0 Å². The van der Waals surface area contributed by atoms with Gasteiger partial charge in [-0.25, -0.2) is 0 Å². The van der Waals surface area contributed by atoms with Crippen LogP contribution < -0.4 is 0 Å². The molecule has 0 aromatic heterocycles. The Morgan fingerprint density at radius 3 is 2.55 bits per heavy atom. The Morgan fingerprint density at radius 1 is 1.36 bits per heavy atom. The Bertz CT molecular complexity index is 74.1. The lowest BCUT2D eigenvalue weighted by molar-refractivity contribution is -0.161. The van der Waals surface area contributed by atoms with Gasteiger partial charge in [-0.05, 0) is 6.92 Å². The number of alkyl halides is 1. The highest BCUT2D eigenvalue weighted by Crippen LogP contribution is 1.95. The molecule has 0 rings (SSSR count). The molecule has 11 heavy (non-hydrogen) atoms. The molecule has 0 saturated carbocycles. The highest BCUT2D eigenvalue weighted by molar-refractivity contribution is 6.17. The van der Waals surface area contributed by atoms with Crippen molar-refractivity contribution in [3.05, 3.63) is 0 Å². The molecular weight excluding hydrogens is 168 g/mol. The minimum Gasteiger partial charge on any atom is -0.379 e. The molecule has 0 radical (unpaired) electrons. The van der Waals surface area contributed by atoms with Gasteiger partial charge in [-0.3, -0.25) is 0 Å². The van der Waals surface area contributed by atoms with Gasteiger partial charge in [0, 0.05) is 19.6 Å². The van der Waals surface area contributed by atoms with Crippen LogP contribution in [0.5, 0.6) is 0 Å². The predicted molar refractivity (Wildman–Crippen MR) is 44.0 cm³/mol. The van der Waals surface area contributed by atoms with Gasteiger partial charge in [0.25, 0.3) is 0 Å². The molecule has 0 N–H and O–H groups in total. The molecule has 0 aromatic carbocycles. The lowest BCUT2D eigenvalue weighted by Gasteiger charge is -2.15. The van der Waals surface area contributed by atoms with Gasteiger partial charge in [-0.15, -0.1) is 11.6 Å².